The van der Waals surface area contributed by atoms with Crippen LogP contribution in [0.25, 0.3) is 0 Å². The van der Waals surface area contributed by atoms with Crippen molar-refractivity contribution in [1.29, 1.82) is 0 Å². The largest absolute Gasteiger partial charge is 0.384 e. The summed E-state index contributed by atoms with van der Waals surface area (Å²) in [5, 5.41) is 11.2. The zero-order valence-electron chi connectivity index (χ0n) is 11.0. The number of carbonyl (C=O) groups excluding carboxylic acids is 1. The summed E-state index contributed by atoms with van der Waals surface area (Å²) in [4.78, 5) is 12.0. The fraction of sp³-hybridized carbons (Fsp3) is 0.400. The molecule has 1 aromatic rings. The second kappa shape index (κ2) is 7.04. The molecule has 1 aromatic carbocycles. The first-order chi connectivity index (χ1) is 9.70. The predicted octanol–water partition coefficient (Wildman–Crippen LogP) is 1.53. The molecule has 1 aliphatic heterocycles. The van der Waals surface area contributed by atoms with Crippen LogP contribution in [0.5, 0.6) is 0 Å². The van der Waals surface area contributed by atoms with Gasteiger partial charge in [0.05, 0.1) is 5.69 Å². The lowest BCUT2D eigenvalue weighted by Crippen LogP contribution is -2.28. The maximum absolute atomic E-state index is 13.8. The molecule has 1 fully saturated rings. The topological polar surface area (TPSA) is 58.6 Å². The Kier molecular flexibility index (Phi) is 5.10. The molecular weight excluding hydrogens is 261 g/mol. The maximum Gasteiger partial charge on any atom is 0.227 e. The highest BCUT2D eigenvalue weighted by Crippen LogP contribution is 2.20. The van der Waals surface area contributed by atoms with Crippen LogP contribution in [0.3, 0.4) is 0 Å². The van der Waals surface area contributed by atoms with Crippen molar-refractivity contribution in [2.45, 2.75) is 12.8 Å². The zero-order chi connectivity index (χ0) is 14.4. The number of aliphatic hydroxyl groups excluding tert-OH is 1. The van der Waals surface area contributed by atoms with Crippen molar-refractivity contribution in [3.05, 3.63) is 29.6 Å². The summed E-state index contributed by atoms with van der Waals surface area (Å²) < 4.78 is 19.0. The molecule has 0 spiro atoms. The Labute approximate surface area is 116 Å². The summed E-state index contributed by atoms with van der Waals surface area (Å²) in [6.07, 6.45) is 1.32. The molecule has 4 nitrogen and oxygen atoms in total. The summed E-state index contributed by atoms with van der Waals surface area (Å²) >= 11 is 0. The summed E-state index contributed by atoms with van der Waals surface area (Å²) in [6.45, 7) is 0.858. The normalized spacial score (nSPS) is 15.3. The number of aliphatic hydroxyl groups is 1. The van der Waals surface area contributed by atoms with Gasteiger partial charge >= 0.3 is 0 Å². The second-order valence-electron chi connectivity index (χ2n) is 4.53. The molecular formula is C15H16FNO3. The van der Waals surface area contributed by atoms with Crippen LogP contribution >= 0.6 is 0 Å². The molecule has 0 saturated carbocycles. The van der Waals surface area contributed by atoms with E-state index in [1.54, 1.807) is 6.07 Å². The van der Waals surface area contributed by atoms with Crippen LogP contribution < -0.4 is 5.32 Å². The summed E-state index contributed by atoms with van der Waals surface area (Å²) in [6, 6.07) is 4.32. The Morgan fingerprint density at radius 2 is 2.20 bits per heavy atom. The summed E-state index contributed by atoms with van der Waals surface area (Å²) in [5.41, 5.74) is 0.608. The number of rotatable bonds is 2. The van der Waals surface area contributed by atoms with Crippen LogP contribution in [0, 0.1) is 23.6 Å². The van der Waals surface area contributed by atoms with Crippen molar-refractivity contribution in [2.75, 3.05) is 25.1 Å². The van der Waals surface area contributed by atoms with Gasteiger partial charge in [-0.05, 0) is 31.0 Å². The van der Waals surface area contributed by atoms with Crippen LogP contribution in [0.15, 0.2) is 18.2 Å². The van der Waals surface area contributed by atoms with E-state index in [1.807, 2.05) is 0 Å². The van der Waals surface area contributed by atoms with E-state index in [4.69, 9.17) is 9.84 Å². The number of ether oxygens (including phenoxy) is 1. The number of amides is 1. The number of anilines is 1. The highest BCUT2D eigenvalue weighted by Gasteiger charge is 2.22. The smallest absolute Gasteiger partial charge is 0.227 e. The molecule has 20 heavy (non-hydrogen) atoms. The van der Waals surface area contributed by atoms with E-state index in [2.05, 4.69) is 17.2 Å². The van der Waals surface area contributed by atoms with Gasteiger partial charge in [0.15, 0.2) is 0 Å². The molecule has 0 atom stereocenters. The van der Waals surface area contributed by atoms with Crippen LogP contribution in [-0.4, -0.2) is 30.8 Å². The lowest BCUT2D eigenvalue weighted by molar-refractivity contribution is -0.122. The molecule has 2 rings (SSSR count). The Balaban J connectivity index is 2.03. The van der Waals surface area contributed by atoms with E-state index in [0.29, 0.717) is 31.6 Å². The van der Waals surface area contributed by atoms with Crippen LogP contribution in [0.4, 0.5) is 10.1 Å². The molecule has 0 unspecified atom stereocenters. The highest BCUT2D eigenvalue weighted by atomic mass is 19.1. The second-order valence-corrected chi connectivity index (χ2v) is 4.53. The van der Waals surface area contributed by atoms with E-state index in [9.17, 15) is 9.18 Å². The maximum atomic E-state index is 13.8. The highest BCUT2D eigenvalue weighted by molar-refractivity contribution is 5.92. The summed E-state index contributed by atoms with van der Waals surface area (Å²) in [5.74, 6) is 4.21. The standard InChI is InChI=1S/C15H16FNO3/c16-13-10-11(2-1-7-18)3-4-14(13)17-15(19)12-5-8-20-9-6-12/h3-4,10,12,18H,5-9H2,(H,17,19). The van der Waals surface area contributed by atoms with Gasteiger partial charge in [-0.1, -0.05) is 11.8 Å². The molecule has 106 valence electrons. The Hall–Kier alpha value is -1.90. The van der Waals surface area contributed by atoms with Crippen LogP contribution in [0.1, 0.15) is 18.4 Å². The third-order valence-electron chi connectivity index (χ3n) is 3.13. The van der Waals surface area contributed by atoms with Crippen molar-refractivity contribution in [2.24, 2.45) is 5.92 Å². The van der Waals surface area contributed by atoms with E-state index in [1.165, 1.54) is 12.1 Å². The molecule has 2 N–H and O–H groups in total. The SMILES string of the molecule is O=C(Nc1ccc(C#CCO)cc1F)C1CCOCC1. The first kappa shape index (κ1) is 14.5. The van der Waals surface area contributed by atoms with Gasteiger partial charge < -0.3 is 15.2 Å². The van der Waals surface area contributed by atoms with Crippen LogP contribution in [0.2, 0.25) is 0 Å². The molecule has 0 aliphatic carbocycles. The van der Waals surface area contributed by atoms with Crippen molar-refractivity contribution in [3.8, 4) is 11.8 Å². The van der Waals surface area contributed by atoms with Gasteiger partial charge in [0.2, 0.25) is 5.91 Å². The van der Waals surface area contributed by atoms with Gasteiger partial charge in [0.1, 0.15) is 12.4 Å². The fourth-order valence-electron chi connectivity index (χ4n) is 2.03. The minimum Gasteiger partial charge on any atom is -0.384 e. The van der Waals surface area contributed by atoms with Gasteiger partial charge in [-0.2, -0.15) is 0 Å². The van der Waals surface area contributed by atoms with Gasteiger partial charge in [-0.15, -0.1) is 0 Å². The average Bonchev–Trinajstić information content (AvgIpc) is 2.48. The lowest BCUT2D eigenvalue weighted by atomic mass is 9.99. The van der Waals surface area contributed by atoms with E-state index >= 15 is 0 Å². The van der Waals surface area contributed by atoms with E-state index < -0.39 is 5.82 Å². The lowest BCUT2D eigenvalue weighted by Gasteiger charge is -2.21. The molecule has 0 radical (unpaired) electrons. The van der Waals surface area contributed by atoms with E-state index in [0.717, 1.165) is 0 Å². The molecule has 0 bridgehead atoms. The number of halogens is 1. The first-order valence-electron chi connectivity index (χ1n) is 6.48. The number of nitrogens with one attached hydrogen (secondary N) is 1. The molecule has 1 amide bonds. The third kappa shape index (κ3) is 3.80. The van der Waals surface area contributed by atoms with Crippen molar-refractivity contribution in [1.82, 2.24) is 0 Å². The van der Waals surface area contributed by atoms with Gasteiger partial charge in [-0.25, -0.2) is 4.39 Å². The van der Waals surface area contributed by atoms with Crippen molar-refractivity contribution >= 4 is 11.6 Å². The van der Waals surface area contributed by atoms with Gasteiger partial charge in [-0.3, -0.25) is 4.79 Å². The van der Waals surface area contributed by atoms with Crippen molar-refractivity contribution < 1.29 is 19.0 Å². The first-order valence-corrected chi connectivity index (χ1v) is 6.48. The molecule has 1 aliphatic rings. The van der Waals surface area contributed by atoms with Crippen LogP contribution in [-0.2, 0) is 9.53 Å². The monoisotopic (exact) mass is 277 g/mol. The minimum atomic E-state index is -0.532. The molecule has 5 heteroatoms. The molecule has 0 aromatic heterocycles. The van der Waals surface area contributed by atoms with Gasteiger partial charge in [0, 0.05) is 24.7 Å². The van der Waals surface area contributed by atoms with Crippen molar-refractivity contribution in [3.63, 3.8) is 0 Å². The Bertz CT molecular complexity index is 542. The minimum absolute atomic E-state index is 0.128. The fourth-order valence-corrected chi connectivity index (χ4v) is 2.03. The molecule has 1 saturated heterocycles. The number of hydrogen-bond acceptors (Lipinski definition) is 3. The quantitative estimate of drug-likeness (QED) is 0.806. The average molecular weight is 277 g/mol. The Morgan fingerprint density at radius 1 is 1.45 bits per heavy atom. The predicted molar refractivity (Wildman–Crippen MR) is 72.5 cm³/mol. The zero-order valence-corrected chi connectivity index (χ0v) is 11.0. The number of benzene rings is 1. The number of hydrogen-bond donors (Lipinski definition) is 2. The third-order valence-corrected chi connectivity index (χ3v) is 3.13. The van der Waals surface area contributed by atoms with E-state index in [-0.39, 0.29) is 24.1 Å². The van der Waals surface area contributed by atoms with Gasteiger partial charge in [0.25, 0.3) is 0 Å². The summed E-state index contributed by atoms with van der Waals surface area (Å²) in [7, 11) is 0. The number of carbonyl (C=O) groups is 1. The Morgan fingerprint density at radius 3 is 2.85 bits per heavy atom. The molecule has 1 heterocycles.